The minimum absolute atomic E-state index is 0.229. The molecule has 4 aromatic rings. The van der Waals surface area contributed by atoms with Gasteiger partial charge in [0.25, 0.3) is 5.91 Å². The topological polar surface area (TPSA) is 98.5 Å². The average molecular weight is 632 g/mol. The van der Waals surface area contributed by atoms with Gasteiger partial charge in [-0.05, 0) is 78.6 Å². The van der Waals surface area contributed by atoms with E-state index in [4.69, 9.17) is 44.1 Å². The lowest BCUT2D eigenvalue weighted by Crippen LogP contribution is -2.29. The predicted octanol–water partition coefficient (Wildman–Crippen LogP) is 7.72. The third-order valence-corrected chi connectivity index (χ3v) is 8.90. The number of hydrogen-bond acceptors (Lipinski definition) is 6. The second kappa shape index (κ2) is 11.0. The first kappa shape index (κ1) is 28.1. The molecular weight excluding hydrogens is 607 g/mol. The van der Waals surface area contributed by atoms with Crippen LogP contribution in [0.2, 0.25) is 15.1 Å². The maximum absolute atomic E-state index is 12.1. The van der Waals surface area contributed by atoms with Gasteiger partial charge in [-0.25, -0.2) is 13.1 Å². The molecule has 1 N–H and O–H groups in total. The monoisotopic (exact) mass is 630 g/mol. The Bertz CT molecular complexity index is 1730. The number of ether oxygens (including phenoxy) is 1. The summed E-state index contributed by atoms with van der Waals surface area (Å²) >= 11 is 19.6. The summed E-state index contributed by atoms with van der Waals surface area (Å²) < 4.78 is 36.5. The molecule has 1 aromatic heterocycles. The van der Waals surface area contributed by atoms with Gasteiger partial charge < -0.3 is 9.26 Å². The quantitative estimate of drug-likeness (QED) is 0.203. The number of carbonyl (C=O) groups excluding carboxylic acids is 1. The van der Waals surface area contributed by atoms with Gasteiger partial charge in [0.05, 0.1) is 21.9 Å². The van der Waals surface area contributed by atoms with Gasteiger partial charge >= 0.3 is 0 Å². The molecule has 0 saturated heterocycles. The lowest BCUT2D eigenvalue weighted by Gasteiger charge is -2.11. The van der Waals surface area contributed by atoms with Crippen molar-refractivity contribution >= 4 is 50.7 Å². The largest absolute Gasteiger partial charge is 0.489 e. The number of sulfonamides is 1. The van der Waals surface area contributed by atoms with Crippen molar-refractivity contribution in [3.63, 3.8) is 0 Å². The first-order chi connectivity index (χ1) is 19.6. The zero-order valence-corrected chi connectivity index (χ0v) is 24.9. The summed E-state index contributed by atoms with van der Waals surface area (Å²) in [6, 6.07) is 18.0. The second-order valence-corrected chi connectivity index (χ2v) is 13.5. The van der Waals surface area contributed by atoms with E-state index in [0.29, 0.717) is 38.0 Å². The summed E-state index contributed by atoms with van der Waals surface area (Å²) in [4.78, 5) is 12.1. The van der Waals surface area contributed by atoms with Gasteiger partial charge in [0.2, 0.25) is 10.0 Å². The molecule has 2 atom stereocenters. The maximum Gasteiger partial charge on any atom is 0.264 e. The third kappa shape index (κ3) is 6.11. The fraction of sp³-hybridized carbons (Fsp3) is 0.267. The van der Waals surface area contributed by atoms with Crippen molar-refractivity contribution in [1.29, 1.82) is 0 Å². The first-order valence-corrected chi connectivity index (χ1v) is 16.1. The summed E-state index contributed by atoms with van der Waals surface area (Å²) in [5, 5.41) is 5.91. The zero-order chi connectivity index (χ0) is 28.9. The van der Waals surface area contributed by atoms with Gasteiger partial charge in [-0.3, -0.25) is 4.79 Å². The Hall–Kier alpha value is -3.04. The van der Waals surface area contributed by atoms with E-state index in [1.807, 2.05) is 35.1 Å². The summed E-state index contributed by atoms with van der Waals surface area (Å²) in [6.45, 7) is 0.229. The highest BCUT2D eigenvalue weighted by atomic mass is 35.5. The SMILES string of the molecule is CS(=O)(=O)NC(=O)c1ccc(C2CC2c2ccc(OCc3c(-c4c(Cl)cccc4Cl)noc3C3CC3)cc2Cl)cc1. The molecule has 0 radical (unpaired) electrons. The summed E-state index contributed by atoms with van der Waals surface area (Å²) in [7, 11) is -3.62. The second-order valence-electron chi connectivity index (χ2n) is 10.5. The van der Waals surface area contributed by atoms with Crippen LogP contribution < -0.4 is 9.46 Å². The van der Waals surface area contributed by atoms with E-state index in [2.05, 4.69) is 5.16 Å². The van der Waals surface area contributed by atoms with Crippen LogP contribution in [0.15, 0.2) is 65.2 Å². The van der Waals surface area contributed by atoms with Crippen LogP contribution in [-0.2, 0) is 16.6 Å². The van der Waals surface area contributed by atoms with Crippen molar-refractivity contribution in [2.24, 2.45) is 0 Å². The molecule has 3 aromatic carbocycles. The molecule has 2 unspecified atom stereocenters. The van der Waals surface area contributed by atoms with E-state index in [-0.39, 0.29) is 24.0 Å². The van der Waals surface area contributed by atoms with Crippen LogP contribution >= 0.6 is 34.8 Å². The minimum Gasteiger partial charge on any atom is -0.489 e. The Morgan fingerprint density at radius 2 is 1.71 bits per heavy atom. The van der Waals surface area contributed by atoms with Gasteiger partial charge in [0, 0.05) is 22.1 Å². The fourth-order valence-electron chi connectivity index (χ4n) is 5.12. The lowest BCUT2D eigenvalue weighted by molar-refractivity contribution is 0.0981. The number of benzene rings is 3. The predicted molar refractivity (Wildman–Crippen MR) is 159 cm³/mol. The molecule has 6 rings (SSSR count). The number of aromatic nitrogens is 1. The lowest BCUT2D eigenvalue weighted by atomic mass is 10.0. The molecule has 7 nitrogen and oxygen atoms in total. The zero-order valence-electron chi connectivity index (χ0n) is 21.9. The molecule has 1 heterocycles. The van der Waals surface area contributed by atoms with Crippen molar-refractivity contribution in [2.45, 2.75) is 43.6 Å². The van der Waals surface area contributed by atoms with Crippen LogP contribution in [0.4, 0.5) is 0 Å². The molecule has 0 aliphatic heterocycles. The van der Waals surface area contributed by atoms with Crippen molar-refractivity contribution in [3.05, 3.63) is 104 Å². The van der Waals surface area contributed by atoms with E-state index in [0.717, 1.165) is 48.0 Å². The molecule has 212 valence electrons. The number of nitrogens with one attached hydrogen (secondary N) is 1. The number of halogens is 3. The molecule has 2 aliphatic carbocycles. The van der Waals surface area contributed by atoms with Gasteiger partial charge in [0.1, 0.15) is 23.8 Å². The highest BCUT2D eigenvalue weighted by molar-refractivity contribution is 7.89. The number of amides is 1. The van der Waals surface area contributed by atoms with Crippen LogP contribution in [0, 0.1) is 0 Å². The van der Waals surface area contributed by atoms with Gasteiger partial charge in [-0.2, -0.15) is 0 Å². The van der Waals surface area contributed by atoms with Crippen LogP contribution in [-0.4, -0.2) is 25.7 Å². The summed E-state index contributed by atoms with van der Waals surface area (Å²) in [5.41, 5.74) is 4.42. The van der Waals surface area contributed by atoms with Crippen molar-refractivity contribution in [3.8, 4) is 17.0 Å². The number of hydrogen-bond donors (Lipinski definition) is 1. The highest BCUT2D eigenvalue weighted by Crippen LogP contribution is 2.56. The Kier molecular flexibility index (Phi) is 7.53. The highest BCUT2D eigenvalue weighted by Gasteiger charge is 2.40. The molecule has 0 bridgehead atoms. The smallest absolute Gasteiger partial charge is 0.264 e. The first-order valence-electron chi connectivity index (χ1n) is 13.1. The maximum atomic E-state index is 12.1. The average Bonchev–Trinajstić information content (AvgIpc) is 3.85. The van der Waals surface area contributed by atoms with Gasteiger partial charge in [-0.1, -0.05) is 64.2 Å². The third-order valence-electron chi connectivity index (χ3n) is 7.39. The van der Waals surface area contributed by atoms with E-state index in [9.17, 15) is 13.2 Å². The summed E-state index contributed by atoms with van der Waals surface area (Å²) in [6.07, 6.45) is 3.94. The van der Waals surface area contributed by atoms with Crippen LogP contribution in [0.5, 0.6) is 5.75 Å². The Morgan fingerprint density at radius 1 is 1.00 bits per heavy atom. The fourth-order valence-corrected chi connectivity index (χ4v) is 6.46. The minimum atomic E-state index is -3.62. The van der Waals surface area contributed by atoms with Crippen molar-refractivity contribution in [1.82, 2.24) is 9.88 Å². The normalized spacial score (nSPS) is 18.2. The van der Waals surface area contributed by atoms with Crippen LogP contribution in [0.1, 0.15) is 69.8 Å². The van der Waals surface area contributed by atoms with E-state index in [1.54, 1.807) is 30.3 Å². The number of nitrogens with zero attached hydrogens (tertiary/aromatic N) is 1. The molecule has 11 heteroatoms. The molecule has 1 amide bonds. The Balaban J connectivity index is 1.15. The Labute approximate surface area is 252 Å². The van der Waals surface area contributed by atoms with Crippen molar-refractivity contribution in [2.75, 3.05) is 6.26 Å². The van der Waals surface area contributed by atoms with E-state index in [1.165, 1.54) is 0 Å². The van der Waals surface area contributed by atoms with Gasteiger partial charge in [0.15, 0.2) is 0 Å². The molecule has 2 saturated carbocycles. The number of rotatable bonds is 9. The van der Waals surface area contributed by atoms with Crippen molar-refractivity contribution < 1.29 is 22.5 Å². The molecule has 41 heavy (non-hydrogen) atoms. The molecule has 2 aliphatic rings. The van der Waals surface area contributed by atoms with Crippen LogP contribution in [0.3, 0.4) is 0 Å². The number of carbonyl (C=O) groups is 1. The Morgan fingerprint density at radius 3 is 2.34 bits per heavy atom. The standard InChI is InChI=1S/C30H25Cl3N2O5S/c1-41(37,38)35-30(36)18-9-5-16(6-10-18)21-14-22(21)20-12-11-19(13-26(20)33)39-15-23-28(34-40-29(23)17-7-8-17)27-24(31)3-2-4-25(27)32/h2-6,9-13,17,21-22H,7-8,14-15H2,1H3,(H,35,36). The van der Waals surface area contributed by atoms with Crippen LogP contribution in [0.25, 0.3) is 11.3 Å². The molecule has 2 fully saturated rings. The molecular formula is C30H25Cl3N2O5S. The van der Waals surface area contributed by atoms with Gasteiger partial charge in [-0.15, -0.1) is 0 Å². The van der Waals surface area contributed by atoms with E-state index >= 15 is 0 Å². The summed E-state index contributed by atoms with van der Waals surface area (Å²) in [5.74, 6) is 1.59. The molecule has 0 spiro atoms. The van der Waals surface area contributed by atoms with E-state index < -0.39 is 15.9 Å².